The summed E-state index contributed by atoms with van der Waals surface area (Å²) >= 11 is 4.10. The molecule has 2 rings (SSSR count). The Morgan fingerprint density at radius 2 is 2.16 bits per heavy atom. The van der Waals surface area contributed by atoms with E-state index in [2.05, 4.69) is 17.9 Å². The Morgan fingerprint density at radius 1 is 1.47 bits per heavy atom. The van der Waals surface area contributed by atoms with E-state index in [1.165, 1.54) is 23.1 Å². The summed E-state index contributed by atoms with van der Waals surface area (Å²) in [6.45, 7) is 4.01. The van der Waals surface area contributed by atoms with Crippen LogP contribution >= 0.6 is 12.6 Å². The molecular formula is C13H15FN2O2S. The molecule has 1 aromatic rings. The number of nitrogens with one attached hydrogen (secondary N) is 1. The lowest BCUT2D eigenvalue weighted by Gasteiger charge is -2.41. The van der Waals surface area contributed by atoms with Gasteiger partial charge in [0.1, 0.15) is 11.4 Å². The topological polar surface area (TPSA) is 49.4 Å². The lowest BCUT2D eigenvalue weighted by molar-refractivity contribution is -0.133. The molecule has 1 saturated heterocycles. The predicted octanol–water partition coefficient (Wildman–Crippen LogP) is 1.46. The SMILES string of the molecule is CC1(C)C(=O)NCCN1C(=O)c1cc(S)ccc1F. The third-order valence-electron chi connectivity index (χ3n) is 3.28. The lowest BCUT2D eigenvalue weighted by Crippen LogP contribution is -2.63. The molecule has 6 heteroatoms. The van der Waals surface area contributed by atoms with Crippen LogP contribution in [0, 0.1) is 5.82 Å². The van der Waals surface area contributed by atoms with E-state index in [0.717, 1.165) is 0 Å². The molecule has 0 spiro atoms. The standard InChI is InChI=1S/C13H15FN2O2S/c1-13(2)12(18)15-5-6-16(13)11(17)9-7-8(19)3-4-10(9)14/h3-4,7,19H,5-6H2,1-2H3,(H,15,18). The van der Waals surface area contributed by atoms with Crippen LogP contribution in [-0.2, 0) is 4.79 Å². The predicted molar refractivity (Wildman–Crippen MR) is 71.8 cm³/mol. The van der Waals surface area contributed by atoms with Crippen molar-refractivity contribution in [1.82, 2.24) is 10.2 Å². The Balaban J connectivity index is 2.38. The Morgan fingerprint density at radius 3 is 2.84 bits per heavy atom. The minimum absolute atomic E-state index is 0.0599. The fourth-order valence-electron chi connectivity index (χ4n) is 2.08. The second-order valence-electron chi connectivity index (χ2n) is 4.94. The molecule has 0 radical (unpaired) electrons. The number of piperazine rings is 1. The second kappa shape index (κ2) is 4.85. The molecule has 0 unspecified atom stereocenters. The van der Waals surface area contributed by atoms with E-state index >= 15 is 0 Å². The van der Waals surface area contributed by atoms with Gasteiger partial charge in [-0.2, -0.15) is 0 Å². The van der Waals surface area contributed by atoms with Gasteiger partial charge in [-0.3, -0.25) is 9.59 Å². The zero-order valence-electron chi connectivity index (χ0n) is 10.7. The van der Waals surface area contributed by atoms with Crippen molar-refractivity contribution >= 4 is 24.4 Å². The first-order valence-corrected chi connectivity index (χ1v) is 6.37. The number of carbonyl (C=O) groups excluding carboxylic acids is 2. The van der Waals surface area contributed by atoms with E-state index in [9.17, 15) is 14.0 Å². The van der Waals surface area contributed by atoms with Crippen LogP contribution < -0.4 is 5.32 Å². The number of carbonyl (C=O) groups is 2. The van der Waals surface area contributed by atoms with Crippen molar-refractivity contribution in [3.05, 3.63) is 29.6 Å². The van der Waals surface area contributed by atoms with Crippen LogP contribution in [-0.4, -0.2) is 35.3 Å². The smallest absolute Gasteiger partial charge is 0.257 e. The summed E-state index contributed by atoms with van der Waals surface area (Å²) in [5.41, 5.74) is -1.05. The molecule has 1 aliphatic heterocycles. The van der Waals surface area contributed by atoms with Crippen LogP contribution in [0.2, 0.25) is 0 Å². The summed E-state index contributed by atoms with van der Waals surface area (Å²) in [6.07, 6.45) is 0. The minimum atomic E-state index is -0.992. The van der Waals surface area contributed by atoms with Gasteiger partial charge in [-0.05, 0) is 32.0 Å². The fourth-order valence-corrected chi connectivity index (χ4v) is 2.28. The van der Waals surface area contributed by atoms with Gasteiger partial charge in [-0.1, -0.05) is 0 Å². The van der Waals surface area contributed by atoms with Gasteiger partial charge in [0.25, 0.3) is 5.91 Å². The molecular weight excluding hydrogens is 267 g/mol. The van der Waals surface area contributed by atoms with Crippen molar-refractivity contribution in [2.24, 2.45) is 0 Å². The van der Waals surface area contributed by atoms with Crippen LogP contribution in [0.25, 0.3) is 0 Å². The lowest BCUT2D eigenvalue weighted by atomic mass is 9.97. The van der Waals surface area contributed by atoms with Crippen LogP contribution in [0.5, 0.6) is 0 Å². The van der Waals surface area contributed by atoms with Gasteiger partial charge < -0.3 is 10.2 Å². The highest BCUT2D eigenvalue weighted by Crippen LogP contribution is 2.23. The van der Waals surface area contributed by atoms with Gasteiger partial charge in [0.15, 0.2) is 0 Å². The molecule has 1 aliphatic rings. The van der Waals surface area contributed by atoms with Gasteiger partial charge in [0.2, 0.25) is 5.91 Å². The van der Waals surface area contributed by atoms with Crippen molar-refractivity contribution in [3.63, 3.8) is 0 Å². The van der Waals surface area contributed by atoms with Crippen LogP contribution in [0.4, 0.5) is 4.39 Å². The number of thiol groups is 1. The molecule has 0 aromatic heterocycles. The van der Waals surface area contributed by atoms with E-state index in [1.807, 2.05) is 0 Å². The maximum atomic E-state index is 13.7. The highest BCUT2D eigenvalue weighted by molar-refractivity contribution is 7.80. The molecule has 102 valence electrons. The van der Waals surface area contributed by atoms with Crippen molar-refractivity contribution in [2.45, 2.75) is 24.3 Å². The molecule has 0 bridgehead atoms. The van der Waals surface area contributed by atoms with Crippen LogP contribution in [0.3, 0.4) is 0 Å². The molecule has 0 aliphatic carbocycles. The highest BCUT2D eigenvalue weighted by Gasteiger charge is 2.41. The zero-order chi connectivity index (χ0) is 14.2. The van der Waals surface area contributed by atoms with Crippen LogP contribution in [0.15, 0.2) is 23.1 Å². The van der Waals surface area contributed by atoms with E-state index in [0.29, 0.717) is 18.0 Å². The van der Waals surface area contributed by atoms with Gasteiger partial charge in [-0.15, -0.1) is 12.6 Å². The number of amides is 2. The van der Waals surface area contributed by atoms with E-state index in [4.69, 9.17) is 0 Å². The third kappa shape index (κ3) is 2.45. The first kappa shape index (κ1) is 13.9. The molecule has 2 amide bonds. The number of hydrogen-bond donors (Lipinski definition) is 2. The van der Waals surface area contributed by atoms with Crippen molar-refractivity contribution in [1.29, 1.82) is 0 Å². The molecule has 4 nitrogen and oxygen atoms in total. The summed E-state index contributed by atoms with van der Waals surface area (Å²) in [5, 5.41) is 2.69. The largest absolute Gasteiger partial charge is 0.352 e. The first-order chi connectivity index (χ1) is 8.84. The van der Waals surface area contributed by atoms with Crippen molar-refractivity contribution < 1.29 is 14.0 Å². The molecule has 1 N–H and O–H groups in total. The Bertz CT molecular complexity index is 545. The average molecular weight is 282 g/mol. The Kier molecular flexibility index (Phi) is 3.54. The summed E-state index contributed by atoms with van der Waals surface area (Å²) in [5.74, 6) is -1.34. The number of hydrogen-bond acceptors (Lipinski definition) is 3. The van der Waals surface area contributed by atoms with Gasteiger partial charge in [-0.25, -0.2) is 4.39 Å². The molecule has 0 saturated carbocycles. The van der Waals surface area contributed by atoms with Crippen LogP contribution in [0.1, 0.15) is 24.2 Å². The molecule has 1 fully saturated rings. The Hall–Kier alpha value is -1.56. The normalized spacial score (nSPS) is 18.1. The summed E-state index contributed by atoms with van der Waals surface area (Å²) in [6, 6.07) is 4.05. The fraction of sp³-hybridized carbons (Fsp3) is 0.385. The van der Waals surface area contributed by atoms with E-state index in [1.54, 1.807) is 13.8 Å². The quantitative estimate of drug-likeness (QED) is 0.766. The number of nitrogens with zero attached hydrogens (tertiary/aromatic N) is 1. The monoisotopic (exact) mass is 282 g/mol. The van der Waals surface area contributed by atoms with Crippen molar-refractivity contribution in [3.8, 4) is 0 Å². The summed E-state index contributed by atoms with van der Waals surface area (Å²) < 4.78 is 13.7. The van der Waals surface area contributed by atoms with E-state index in [-0.39, 0.29) is 11.5 Å². The molecule has 0 atom stereocenters. The Labute approximate surface area is 116 Å². The maximum absolute atomic E-state index is 13.7. The third-order valence-corrected chi connectivity index (χ3v) is 3.56. The van der Waals surface area contributed by atoms with E-state index < -0.39 is 17.3 Å². The highest BCUT2D eigenvalue weighted by atomic mass is 32.1. The second-order valence-corrected chi connectivity index (χ2v) is 5.45. The molecule has 1 aromatic carbocycles. The van der Waals surface area contributed by atoms with Gasteiger partial charge >= 0.3 is 0 Å². The van der Waals surface area contributed by atoms with Gasteiger partial charge in [0, 0.05) is 18.0 Å². The number of rotatable bonds is 1. The summed E-state index contributed by atoms with van der Waals surface area (Å²) in [7, 11) is 0. The van der Waals surface area contributed by atoms with Crippen molar-refractivity contribution in [2.75, 3.05) is 13.1 Å². The van der Waals surface area contributed by atoms with Gasteiger partial charge in [0.05, 0.1) is 5.56 Å². The molecule has 19 heavy (non-hydrogen) atoms. The summed E-state index contributed by atoms with van der Waals surface area (Å²) in [4.78, 5) is 26.1. The number of benzene rings is 1. The maximum Gasteiger partial charge on any atom is 0.257 e. The average Bonchev–Trinajstić information content (AvgIpc) is 2.35. The minimum Gasteiger partial charge on any atom is -0.352 e. The molecule has 1 heterocycles. The number of halogens is 1. The zero-order valence-corrected chi connectivity index (χ0v) is 11.6. The first-order valence-electron chi connectivity index (χ1n) is 5.93.